The number of benzene rings is 1. The predicted octanol–water partition coefficient (Wildman–Crippen LogP) is 1.72. The van der Waals surface area contributed by atoms with Gasteiger partial charge in [-0.25, -0.2) is 4.98 Å². The Hall–Kier alpha value is -2.43. The molecule has 92 valence electrons. The van der Waals surface area contributed by atoms with E-state index in [4.69, 9.17) is 9.47 Å². The summed E-state index contributed by atoms with van der Waals surface area (Å²) in [5.41, 5.74) is 0.668. The molecular weight excluding hydrogens is 232 g/mol. The largest absolute Gasteiger partial charge is 0.497 e. The highest BCUT2D eigenvalue weighted by atomic mass is 16.5. The molecule has 0 aliphatic heterocycles. The number of nitrogens with zero attached hydrogens (tertiary/aromatic N) is 2. The van der Waals surface area contributed by atoms with Gasteiger partial charge >= 0.3 is 0 Å². The van der Waals surface area contributed by atoms with Gasteiger partial charge in [-0.3, -0.25) is 9.78 Å². The van der Waals surface area contributed by atoms with E-state index < -0.39 is 0 Å². The van der Waals surface area contributed by atoms with Crippen LogP contribution < -0.4 is 9.47 Å². The number of carbonyl (C=O) groups is 1. The molecule has 1 aromatic heterocycles. The van der Waals surface area contributed by atoms with Crippen LogP contribution in [0.4, 0.5) is 0 Å². The third kappa shape index (κ3) is 2.29. The Morgan fingerprint density at radius 1 is 1.17 bits per heavy atom. The Kier molecular flexibility index (Phi) is 3.52. The van der Waals surface area contributed by atoms with Gasteiger partial charge in [-0.1, -0.05) is 0 Å². The Bertz CT molecular complexity index is 555. The summed E-state index contributed by atoms with van der Waals surface area (Å²) in [5.74, 6) is 0.813. The molecule has 0 radical (unpaired) electrons. The molecule has 1 aromatic carbocycles. The van der Waals surface area contributed by atoms with Crippen molar-refractivity contribution < 1.29 is 14.3 Å². The number of hydrogen-bond donors (Lipinski definition) is 0. The van der Waals surface area contributed by atoms with Crippen LogP contribution in [0.15, 0.2) is 36.8 Å². The fourth-order valence-corrected chi connectivity index (χ4v) is 1.55. The lowest BCUT2D eigenvalue weighted by atomic mass is 10.1. The van der Waals surface area contributed by atoms with Crippen molar-refractivity contribution in [1.82, 2.24) is 9.97 Å². The van der Waals surface area contributed by atoms with E-state index in [-0.39, 0.29) is 11.5 Å². The summed E-state index contributed by atoms with van der Waals surface area (Å²) in [6.45, 7) is 0. The standard InChI is InChI=1S/C13H12N2O3/c1-17-9-3-4-12(18-2)10(7-9)13(16)11-8-14-5-6-15-11/h3-8H,1-2H3. The van der Waals surface area contributed by atoms with Gasteiger partial charge in [0.05, 0.1) is 26.0 Å². The van der Waals surface area contributed by atoms with E-state index >= 15 is 0 Å². The highest BCUT2D eigenvalue weighted by Gasteiger charge is 2.16. The number of ether oxygens (including phenoxy) is 2. The average molecular weight is 244 g/mol. The molecule has 5 heteroatoms. The van der Waals surface area contributed by atoms with Crippen LogP contribution in [-0.2, 0) is 0 Å². The summed E-state index contributed by atoms with van der Waals surface area (Å²) in [6.07, 6.45) is 4.40. The zero-order chi connectivity index (χ0) is 13.0. The molecule has 0 atom stereocenters. The van der Waals surface area contributed by atoms with Crippen molar-refractivity contribution in [3.05, 3.63) is 48.0 Å². The van der Waals surface area contributed by atoms with Crippen molar-refractivity contribution in [2.24, 2.45) is 0 Å². The second-order valence-corrected chi connectivity index (χ2v) is 3.49. The van der Waals surface area contributed by atoms with E-state index in [0.29, 0.717) is 17.1 Å². The van der Waals surface area contributed by atoms with Gasteiger partial charge in [-0.15, -0.1) is 0 Å². The molecule has 5 nitrogen and oxygen atoms in total. The molecule has 1 heterocycles. The first-order valence-corrected chi connectivity index (χ1v) is 5.29. The van der Waals surface area contributed by atoms with E-state index in [9.17, 15) is 4.79 Å². The second-order valence-electron chi connectivity index (χ2n) is 3.49. The number of methoxy groups -OCH3 is 2. The average Bonchev–Trinajstić information content (AvgIpc) is 2.46. The van der Waals surface area contributed by atoms with Crippen molar-refractivity contribution in [3.8, 4) is 11.5 Å². The zero-order valence-corrected chi connectivity index (χ0v) is 10.1. The first kappa shape index (κ1) is 12.0. The molecular formula is C13H12N2O3. The summed E-state index contributed by atoms with van der Waals surface area (Å²) < 4.78 is 10.3. The van der Waals surface area contributed by atoms with Crippen molar-refractivity contribution in [1.29, 1.82) is 0 Å². The lowest BCUT2D eigenvalue weighted by molar-refractivity contribution is 0.103. The molecule has 0 amide bonds. The SMILES string of the molecule is COc1ccc(OC)c(C(=O)c2cnccn2)c1. The quantitative estimate of drug-likeness (QED) is 0.766. The Morgan fingerprint density at radius 3 is 2.61 bits per heavy atom. The predicted molar refractivity (Wildman–Crippen MR) is 65.0 cm³/mol. The van der Waals surface area contributed by atoms with E-state index in [1.54, 1.807) is 25.3 Å². The lowest BCUT2D eigenvalue weighted by Gasteiger charge is -2.08. The minimum absolute atomic E-state index is 0.251. The van der Waals surface area contributed by atoms with Crippen LogP contribution in [0, 0.1) is 0 Å². The molecule has 2 rings (SSSR count). The fourth-order valence-electron chi connectivity index (χ4n) is 1.55. The van der Waals surface area contributed by atoms with E-state index in [2.05, 4.69) is 9.97 Å². The Morgan fingerprint density at radius 2 is 2.00 bits per heavy atom. The maximum Gasteiger partial charge on any atom is 0.216 e. The van der Waals surface area contributed by atoms with Crippen molar-refractivity contribution >= 4 is 5.78 Å². The Labute approximate surface area is 104 Å². The summed E-state index contributed by atoms with van der Waals surface area (Å²) in [5, 5.41) is 0. The van der Waals surface area contributed by atoms with Crippen LogP contribution >= 0.6 is 0 Å². The van der Waals surface area contributed by atoms with Crippen LogP contribution in [0.25, 0.3) is 0 Å². The lowest BCUT2D eigenvalue weighted by Crippen LogP contribution is -2.06. The number of hydrogen-bond acceptors (Lipinski definition) is 5. The Balaban J connectivity index is 2.46. The molecule has 0 fully saturated rings. The van der Waals surface area contributed by atoms with Crippen molar-refractivity contribution in [3.63, 3.8) is 0 Å². The molecule has 0 aliphatic carbocycles. The van der Waals surface area contributed by atoms with Gasteiger partial charge in [-0.05, 0) is 18.2 Å². The summed E-state index contributed by atoms with van der Waals surface area (Å²) in [4.78, 5) is 20.1. The monoisotopic (exact) mass is 244 g/mol. The van der Waals surface area contributed by atoms with E-state index in [0.717, 1.165) is 0 Å². The van der Waals surface area contributed by atoms with Gasteiger partial charge in [0, 0.05) is 12.4 Å². The molecule has 0 aliphatic rings. The van der Waals surface area contributed by atoms with Gasteiger partial charge in [-0.2, -0.15) is 0 Å². The molecule has 0 saturated carbocycles. The maximum absolute atomic E-state index is 12.3. The summed E-state index contributed by atoms with van der Waals surface area (Å²) in [6, 6.07) is 5.03. The minimum atomic E-state index is -0.251. The second kappa shape index (κ2) is 5.27. The third-order valence-electron chi connectivity index (χ3n) is 2.45. The number of ketones is 1. The van der Waals surface area contributed by atoms with Gasteiger partial charge in [0.15, 0.2) is 0 Å². The van der Waals surface area contributed by atoms with Crippen molar-refractivity contribution in [2.75, 3.05) is 14.2 Å². The van der Waals surface area contributed by atoms with E-state index in [1.165, 1.54) is 25.7 Å². The normalized spacial score (nSPS) is 9.89. The smallest absolute Gasteiger partial charge is 0.216 e. The maximum atomic E-state index is 12.3. The van der Waals surface area contributed by atoms with Crippen molar-refractivity contribution in [2.45, 2.75) is 0 Å². The number of carbonyl (C=O) groups excluding carboxylic acids is 1. The van der Waals surface area contributed by atoms with Gasteiger partial charge in [0.2, 0.25) is 5.78 Å². The molecule has 0 spiro atoms. The first-order valence-electron chi connectivity index (χ1n) is 5.29. The topological polar surface area (TPSA) is 61.3 Å². The fraction of sp³-hybridized carbons (Fsp3) is 0.154. The van der Waals surface area contributed by atoms with Crippen LogP contribution in [0.2, 0.25) is 0 Å². The van der Waals surface area contributed by atoms with Crippen LogP contribution in [0.3, 0.4) is 0 Å². The highest BCUT2D eigenvalue weighted by Crippen LogP contribution is 2.25. The van der Waals surface area contributed by atoms with Crippen LogP contribution in [0.1, 0.15) is 16.1 Å². The first-order chi connectivity index (χ1) is 8.76. The molecule has 2 aromatic rings. The summed E-state index contributed by atoms with van der Waals surface area (Å²) >= 11 is 0. The molecule has 18 heavy (non-hydrogen) atoms. The van der Waals surface area contributed by atoms with Gasteiger partial charge in [0.25, 0.3) is 0 Å². The molecule has 0 unspecified atom stereocenters. The summed E-state index contributed by atoms with van der Waals surface area (Å²) in [7, 11) is 3.05. The van der Waals surface area contributed by atoms with Gasteiger partial charge in [0.1, 0.15) is 17.2 Å². The highest BCUT2D eigenvalue weighted by molar-refractivity contribution is 6.09. The molecule has 0 saturated heterocycles. The molecule has 0 N–H and O–H groups in total. The third-order valence-corrected chi connectivity index (χ3v) is 2.45. The van der Waals surface area contributed by atoms with Crippen LogP contribution in [-0.4, -0.2) is 30.0 Å². The van der Waals surface area contributed by atoms with E-state index in [1.807, 2.05) is 0 Å². The molecule has 0 bridgehead atoms. The number of rotatable bonds is 4. The number of aromatic nitrogens is 2. The van der Waals surface area contributed by atoms with Crippen LogP contribution in [0.5, 0.6) is 11.5 Å². The zero-order valence-electron chi connectivity index (χ0n) is 10.1. The van der Waals surface area contributed by atoms with Gasteiger partial charge < -0.3 is 9.47 Å². The minimum Gasteiger partial charge on any atom is -0.497 e.